The average molecular weight is 218 g/mol. The number of tetrazole rings is 1. The smallest absolute Gasteiger partial charge is 0.209 e. The number of rotatable bonds is 6. The van der Waals surface area contributed by atoms with Gasteiger partial charge in [0.1, 0.15) is 0 Å². The van der Waals surface area contributed by atoms with Crippen LogP contribution in [0.1, 0.15) is 6.92 Å². The molecule has 1 rings (SSSR count). The minimum absolute atomic E-state index is 0.0389. The van der Waals surface area contributed by atoms with Crippen molar-refractivity contribution in [3.05, 3.63) is 0 Å². The largest absolute Gasteiger partial charge is 0.394 e. The van der Waals surface area contributed by atoms with Gasteiger partial charge in [0.05, 0.1) is 19.8 Å². The van der Waals surface area contributed by atoms with Crippen LogP contribution in [-0.2, 0) is 11.3 Å². The van der Waals surface area contributed by atoms with Crippen molar-refractivity contribution in [2.45, 2.75) is 23.9 Å². The molecule has 0 aromatic carbocycles. The molecule has 0 aliphatic carbocycles. The Balaban J connectivity index is 2.52. The predicted molar refractivity (Wildman–Crippen MR) is 52.1 cm³/mol. The van der Waals surface area contributed by atoms with Gasteiger partial charge in [0.25, 0.3) is 0 Å². The van der Waals surface area contributed by atoms with E-state index in [1.165, 1.54) is 11.8 Å². The lowest BCUT2D eigenvalue weighted by molar-refractivity contribution is 0.202. The van der Waals surface area contributed by atoms with Crippen LogP contribution in [-0.4, -0.2) is 50.9 Å². The zero-order valence-corrected chi connectivity index (χ0v) is 9.07. The number of hydrogen-bond donors (Lipinski definition) is 1. The summed E-state index contributed by atoms with van der Waals surface area (Å²) >= 11 is 1.53. The van der Waals surface area contributed by atoms with Crippen molar-refractivity contribution in [2.24, 2.45) is 0 Å². The fraction of sp³-hybridized carbons (Fsp3) is 0.857. The first kappa shape index (κ1) is 11.4. The first-order valence-electron chi connectivity index (χ1n) is 4.30. The molecule has 1 aromatic rings. The number of methoxy groups -OCH3 is 1. The van der Waals surface area contributed by atoms with E-state index in [0.717, 1.165) is 0 Å². The van der Waals surface area contributed by atoms with Crippen molar-refractivity contribution in [3.8, 4) is 0 Å². The molecule has 0 bridgehead atoms. The van der Waals surface area contributed by atoms with E-state index in [0.29, 0.717) is 23.6 Å². The maximum absolute atomic E-state index is 8.75. The summed E-state index contributed by atoms with van der Waals surface area (Å²) < 4.78 is 6.58. The monoisotopic (exact) mass is 218 g/mol. The summed E-state index contributed by atoms with van der Waals surface area (Å²) in [6.45, 7) is 3.15. The standard InChI is InChI=1S/C7H14N4O2S/c1-6(5-13-2)14-7-8-9-10-11(7)3-4-12/h6,12H,3-5H2,1-2H3. The van der Waals surface area contributed by atoms with Gasteiger partial charge in [-0.15, -0.1) is 5.10 Å². The van der Waals surface area contributed by atoms with Gasteiger partial charge in [-0.25, -0.2) is 4.68 Å². The van der Waals surface area contributed by atoms with E-state index in [-0.39, 0.29) is 6.61 Å². The van der Waals surface area contributed by atoms with E-state index >= 15 is 0 Å². The highest BCUT2D eigenvalue weighted by molar-refractivity contribution is 7.99. The molecule has 0 spiro atoms. The fourth-order valence-electron chi connectivity index (χ4n) is 0.965. The Hall–Kier alpha value is -0.660. The van der Waals surface area contributed by atoms with Gasteiger partial charge in [-0.3, -0.25) is 0 Å². The van der Waals surface area contributed by atoms with Crippen molar-refractivity contribution in [1.29, 1.82) is 0 Å². The van der Waals surface area contributed by atoms with Crippen LogP contribution in [0.4, 0.5) is 0 Å². The zero-order valence-electron chi connectivity index (χ0n) is 8.25. The summed E-state index contributed by atoms with van der Waals surface area (Å²) in [4.78, 5) is 0. The van der Waals surface area contributed by atoms with Gasteiger partial charge in [0.15, 0.2) is 0 Å². The van der Waals surface area contributed by atoms with Gasteiger partial charge in [-0.2, -0.15) is 0 Å². The van der Waals surface area contributed by atoms with Gasteiger partial charge >= 0.3 is 0 Å². The Morgan fingerprint density at radius 2 is 2.43 bits per heavy atom. The molecule has 0 aliphatic rings. The van der Waals surface area contributed by atoms with Gasteiger partial charge in [0, 0.05) is 12.4 Å². The molecule has 0 aliphatic heterocycles. The SMILES string of the molecule is COCC(C)Sc1nnnn1CCO. The second kappa shape index (κ2) is 5.94. The molecular weight excluding hydrogens is 204 g/mol. The summed E-state index contributed by atoms with van der Waals surface area (Å²) in [5.74, 6) is 0. The molecular formula is C7H14N4O2S. The van der Waals surface area contributed by atoms with Crippen molar-refractivity contribution >= 4 is 11.8 Å². The summed E-state index contributed by atoms with van der Waals surface area (Å²) in [6.07, 6.45) is 0. The number of ether oxygens (including phenoxy) is 1. The third-order valence-corrected chi connectivity index (χ3v) is 2.56. The molecule has 1 N–H and O–H groups in total. The normalized spacial score (nSPS) is 13.1. The van der Waals surface area contributed by atoms with E-state index in [1.54, 1.807) is 11.8 Å². The molecule has 0 fully saturated rings. The maximum Gasteiger partial charge on any atom is 0.209 e. The zero-order chi connectivity index (χ0) is 10.4. The van der Waals surface area contributed by atoms with Crippen molar-refractivity contribution in [2.75, 3.05) is 20.3 Å². The molecule has 14 heavy (non-hydrogen) atoms. The molecule has 1 unspecified atom stereocenters. The Morgan fingerprint density at radius 3 is 3.07 bits per heavy atom. The van der Waals surface area contributed by atoms with Gasteiger partial charge in [0.2, 0.25) is 5.16 Å². The minimum atomic E-state index is 0.0389. The first-order valence-corrected chi connectivity index (χ1v) is 5.18. The van der Waals surface area contributed by atoms with Crippen LogP contribution < -0.4 is 0 Å². The van der Waals surface area contributed by atoms with Crippen LogP contribution in [0.2, 0.25) is 0 Å². The molecule has 6 nitrogen and oxygen atoms in total. The Labute approximate surface area is 86.6 Å². The summed E-state index contributed by atoms with van der Waals surface area (Å²) in [7, 11) is 1.66. The predicted octanol–water partition coefficient (Wildman–Crippen LogP) is -0.208. The summed E-state index contributed by atoms with van der Waals surface area (Å²) in [6, 6.07) is 0. The number of thioether (sulfide) groups is 1. The van der Waals surface area contributed by atoms with Gasteiger partial charge in [-0.05, 0) is 10.4 Å². The quantitative estimate of drug-likeness (QED) is 0.666. The molecule has 0 radical (unpaired) electrons. The molecule has 1 atom stereocenters. The van der Waals surface area contributed by atoms with Crippen LogP contribution in [0, 0.1) is 0 Å². The van der Waals surface area contributed by atoms with Gasteiger partial charge in [-0.1, -0.05) is 18.7 Å². The third kappa shape index (κ3) is 3.24. The molecule has 0 saturated heterocycles. The van der Waals surface area contributed by atoms with Crippen LogP contribution >= 0.6 is 11.8 Å². The number of aliphatic hydroxyl groups is 1. The van der Waals surface area contributed by atoms with Crippen LogP contribution in [0.5, 0.6) is 0 Å². The first-order chi connectivity index (χ1) is 6.77. The fourth-order valence-corrected chi connectivity index (χ4v) is 1.86. The molecule has 1 aromatic heterocycles. The molecule has 7 heteroatoms. The number of hydrogen-bond acceptors (Lipinski definition) is 6. The highest BCUT2D eigenvalue weighted by Crippen LogP contribution is 2.19. The van der Waals surface area contributed by atoms with Crippen molar-refractivity contribution < 1.29 is 9.84 Å². The highest BCUT2D eigenvalue weighted by atomic mass is 32.2. The van der Waals surface area contributed by atoms with E-state index in [2.05, 4.69) is 15.5 Å². The lowest BCUT2D eigenvalue weighted by Crippen LogP contribution is -2.10. The highest BCUT2D eigenvalue weighted by Gasteiger charge is 2.10. The summed E-state index contributed by atoms with van der Waals surface area (Å²) in [5, 5.41) is 20.9. The summed E-state index contributed by atoms with van der Waals surface area (Å²) in [5.41, 5.74) is 0. The minimum Gasteiger partial charge on any atom is -0.394 e. The lowest BCUT2D eigenvalue weighted by Gasteiger charge is -2.08. The Kier molecular flexibility index (Phi) is 4.85. The van der Waals surface area contributed by atoms with Crippen molar-refractivity contribution in [3.63, 3.8) is 0 Å². The second-order valence-corrected chi connectivity index (χ2v) is 4.20. The average Bonchev–Trinajstić information content (AvgIpc) is 2.54. The topological polar surface area (TPSA) is 73.1 Å². The molecule has 1 heterocycles. The lowest BCUT2D eigenvalue weighted by atomic mass is 10.5. The molecule has 0 amide bonds. The van der Waals surface area contributed by atoms with Crippen LogP contribution in [0.15, 0.2) is 5.16 Å². The van der Waals surface area contributed by atoms with Crippen LogP contribution in [0.25, 0.3) is 0 Å². The van der Waals surface area contributed by atoms with Gasteiger partial charge < -0.3 is 9.84 Å². The Morgan fingerprint density at radius 1 is 1.64 bits per heavy atom. The number of aliphatic hydroxyl groups excluding tert-OH is 1. The Bertz CT molecular complexity index is 268. The molecule has 80 valence electrons. The second-order valence-electron chi connectivity index (χ2n) is 2.79. The number of aromatic nitrogens is 4. The third-order valence-electron chi connectivity index (χ3n) is 1.52. The van der Waals surface area contributed by atoms with Crippen molar-refractivity contribution in [1.82, 2.24) is 20.2 Å². The maximum atomic E-state index is 8.75. The number of nitrogens with zero attached hydrogens (tertiary/aromatic N) is 4. The van der Waals surface area contributed by atoms with E-state index < -0.39 is 0 Å². The van der Waals surface area contributed by atoms with E-state index in [4.69, 9.17) is 9.84 Å². The molecule has 0 saturated carbocycles. The van der Waals surface area contributed by atoms with E-state index in [9.17, 15) is 0 Å². The van der Waals surface area contributed by atoms with Crippen LogP contribution in [0.3, 0.4) is 0 Å². The van der Waals surface area contributed by atoms with E-state index in [1.807, 2.05) is 6.92 Å².